The van der Waals surface area contributed by atoms with Gasteiger partial charge in [0.25, 0.3) is 0 Å². The molecule has 0 fully saturated rings. The Balaban J connectivity index is 2.13. The van der Waals surface area contributed by atoms with E-state index in [-0.39, 0.29) is 5.91 Å². The Hall–Kier alpha value is -2.32. The van der Waals surface area contributed by atoms with Crippen LogP contribution in [-0.2, 0) is 4.79 Å². The van der Waals surface area contributed by atoms with Crippen LogP contribution in [0.1, 0.15) is 18.5 Å². The van der Waals surface area contributed by atoms with Crippen molar-refractivity contribution in [1.29, 1.82) is 5.26 Å². The predicted molar refractivity (Wildman–Crippen MR) is 71.7 cm³/mol. The Morgan fingerprint density at radius 2 is 2.37 bits per heavy atom. The number of halogens is 1. The van der Waals surface area contributed by atoms with Gasteiger partial charge in [0.2, 0.25) is 5.91 Å². The first-order chi connectivity index (χ1) is 9.11. The van der Waals surface area contributed by atoms with E-state index in [4.69, 9.17) is 16.9 Å². The molecule has 0 bridgehead atoms. The summed E-state index contributed by atoms with van der Waals surface area (Å²) >= 11 is 5.99. The van der Waals surface area contributed by atoms with E-state index in [0.29, 0.717) is 16.3 Å². The smallest absolute Gasteiger partial charge is 0.248 e. The Morgan fingerprint density at radius 3 is 2.95 bits per heavy atom. The summed E-state index contributed by atoms with van der Waals surface area (Å²) in [5.74, 6) is -0.227. The summed E-state index contributed by atoms with van der Waals surface area (Å²) in [6, 6.07) is 8.00. The topological polar surface area (TPSA) is 70.7 Å². The van der Waals surface area contributed by atoms with Crippen LogP contribution in [0.2, 0.25) is 5.02 Å². The van der Waals surface area contributed by atoms with E-state index in [2.05, 4.69) is 10.4 Å². The number of hydrogen-bond donors (Lipinski definition) is 1. The fourth-order valence-electron chi connectivity index (χ4n) is 1.55. The molecule has 1 atom stereocenters. The Bertz CT molecular complexity index is 631. The highest BCUT2D eigenvalue weighted by atomic mass is 35.5. The minimum Gasteiger partial charge on any atom is -0.323 e. The number of amides is 1. The van der Waals surface area contributed by atoms with Crippen LogP contribution in [-0.4, -0.2) is 15.7 Å². The monoisotopic (exact) mass is 274 g/mol. The van der Waals surface area contributed by atoms with Crippen LogP contribution in [0.25, 0.3) is 0 Å². The van der Waals surface area contributed by atoms with E-state index in [1.54, 1.807) is 42.2 Å². The lowest BCUT2D eigenvalue weighted by atomic mass is 10.2. The van der Waals surface area contributed by atoms with Crippen LogP contribution in [0.3, 0.4) is 0 Å². The average Bonchev–Trinajstić information content (AvgIpc) is 2.94. The van der Waals surface area contributed by atoms with Gasteiger partial charge in [-0.25, -0.2) is 0 Å². The van der Waals surface area contributed by atoms with E-state index in [1.165, 1.54) is 6.07 Å². The second-order valence-electron chi connectivity index (χ2n) is 3.96. The minimum absolute atomic E-state index is 0.227. The molecule has 1 heterocycles. The van der Waals surface area contributed by atoms with Crippen molar-refractivity contribution in [2.45, 2.75) is 13.0 Å². The fraction of sp³-hybridized carbons (Fsp3) is 0.154. The SMILES string of the molecule is CC(C(=O)Nc1ccc(C#N)cc1Cl)n1cccn1. The average molecular weight is 275 g/mol. The van der Waals surface area contributed by atoms with Gasteiger partial charge in [0.15, 0.2) is 0 Å². The standard InChI is InChI=1S/C13H11ClN4O/c1-9(18-6-2-5-16-18)13(19)17-12-4-3-10(8-15)7-11(12)14/h2-7,9H,1H3,(H,17,19). The highest BCUT2D eigenvalue weighted by Crippen LogP contribution is 2.23. The van der Waals surface area contributed by atoms with Gasteiger partial charge in [-0.05, 0) is 31.2 Å². The molecule has 5 nitrogen and oxygen atoms in total. The van der Waals surface area contributed by atoms with Crippen LogP contribution >= 0.6 is 11.6 Å². The molecule has 1 unspecified atom stereocenters. The maximum Gasteiger partial charge on any atom is 0.248 e. The number of rotatable bonds is 3. The third-order valence-corrected chi connectivity index (χ3v) is 2.97. The van der Waals surface area contributed by atoms with Crippen LogP contribution in [0.4, 0.5) is 5.69 Å². The summed E-state index contributed by atoms with van der Waals surface area (Å²) in [4.78, 5) is 12.0. The van der Waals surface area contributed by atoms with Crippen molar-refractivity contribution in [2.24, 2.45) is 0 Å². The molecule has 1 amide bonds. The summed E-state index contributed by atoms with van der Waals surface area (Å²) in [6.45, 7) is 1.74. The number of nitriles is 1. The van der Waals surface area contributed by atoms with Gasteiger partial charge in [-0.3, -0.25) is 9.48 Å². The zero-order valence-corrected chi connectivity index (χ0v) is 10.9. The summed E-state index contributed by atoms with van der Waals surface area (Å²) in [6.07, 6.45) is 3.32. The Kier molecular flexibility index (Phi) is 3.83. The number of carbonyl (C=O) groups is 1. The van der Waals surface area contributed by atoms with Gasteiger partial charge in [0.05, 0.1) is 22.3 Å². The van der Waals surface area contributed by atoms with Gasteiger partial charge in [-0.2, -0.15) is 10.4 Å². The molecule has 2 rings (SSSR count). The maximum atomic E-state index is 12.0. The molecule has 0 radical (unpaired) electrons. The molecule has 0 aliphatic heterocycles. The molecule has 2 aromatic rings. The van der Waals surface area contributed by atoms with Crippen molar-refractivity contribution < 1.29 is 4.79 Å². The molecule has 6 heteroatoms. The van der Waals surface area contributed by atoms with E-state index in [9.17, 15) is 4.79 Å². The third kappa shape index (κ3) is 2.92. The second kappa shape index (κ2) is 5.55. The molecule has 1 N–H and O–H groups in total. The van der Waals surface area contributed by atoms with Gasteiger partial charge in [0, 0.05) is 12.4 Å². The number of nitrogens with zero attached hydrogens (tertiary/aromatic N) is 3. The van der Waals surface area contributed by atoms with Crippen LogP contribution in [0, 0.1) is 11.3 Å². The van der Waals surface area contributed by atoms with Crippen molar-refractivity contribution in [1.82, 2.24) is 9.78 Å². The quantitative estimate of drug-likeness (QED) is 0.935. The number of benzene rings is 1. The lowest BCUT2D eigenvalue weighted by Crippen LogP contribution is -2.24. The van der Waals surface area contributed by atoms with Gasteiger partial charge < -0.3 is 5.32 Å². The largest absolute Gasteiger partial charge is 0.323 e. The number of anilines is 1. The lowest BCUT2D eigenvalue weighted by molar-refractivity contribution is -0.119. The number of carbonyl (C=O) groups excluding carboxylic acids is 1. The van der Waals surface area contributed by atoms with Gasteiger partial charge >= 0.3 is 0 Å². The van der Waals surface area contributed by atoms with E-state index < -0.39 is 6.04 Å². The Morgan fingerprint density at radius 1 is 1.58 bits per heavy atom. The summed E-state index contributed by atoms with van der Waals surface area (Å²) < 4.78 is 1.55. The van der Waals surface area contributed by atoms with Crippen molar-refractivity contribution in [2.75, 3.05) is 5.32 Å². The van der Waals surface area contributed by atoms with Gasteiger partial charge in [-0.15, -0.1) is 0 Å². The molecule has 19 heavy (non-hydrogen) atoms. The van der Waals surface area contributed by atoms with Crippen molar-refractivity contribution >= 4 is 23.2 Å². The molecule has 96 valence electrons. The van der Waals surface area contributed by atoms with Crippen molar-refractivity contribution in [3.8, 4) is 6.07 Å². The number of hydrogen-bond acceptors (Lipinski definition) is 3. The lowest BCUT2D eigenvalue weighted by Gasteiger charge is -2.13. The first-order valence-corrected chi connectivity index (χ1v) is 5.99. The zero-order chi connectivity index (χ0) is 13.8. The highest BCUT2D eigenvalue weighted by Gasteiger charge is 2.16. The minimum atomic E-state index is -0.443. The summed E-state index contributed by atoms with van der Waals surface area (Å²) in [7, 11) is 0. The van der Waals surface area contributed by atoms with E-state index in [0.717, 1.165) is 0 Å². The summed E-state index contributed by atoms with van der Waals surface area (Å²) in [5.41, 5.74) is 0.924. The first-order valence-electron chi connectivity index (χ1n) is 5.61. The molecule has 1 aromatic carbocycles. The molecule has 0 aliphatic carbocycles. The van der Waals surface area contributed by atoms with Crippen molar-refractivity contribution in [3.05, 3.63) is 47.2 Å². The zero-order valence-electron chi connectivity index (χ0n) is 10.2. The first kappa shape index (κ1) is 13.1. The van der Waals surface area contributed by atoms with Crippen LogP contribution < -0.4 is 5.32 Å². The molecule has 1 aromatic heterocycles. The van der Waals surface area contributed by atoms with E-state index >= 15 is 0 Å². The van der Waals surface area contributed by atoms with Gasteiger partial charge in [-0.1, -0.05) is 11.6 Å². The van der Waals surface area contributed by atoms with Crippen LogP contribution in [0.15, 0.2) is 36.7 Å². The molecule has 0 saturated carbocycles. The highest BCUT2D eigenvalue weighted by molar-refractivity contribution is 6.33. The van der Waals surface area contributed by atoms with Crippen molar-refractivity contribution in [3.63, 3.8) is 0 Å². The maximum absolute atomic E-state index is 12.0. The predicted octanol–water partition coefficient (Wildman–Crippen LogP) is 2.61. The molecule has 0 spiro atoms. The Labute approximate surface area is 115 Å². The second-order valence-corrected chi connectivity index (χ2v) is 4.36. The van der Waals surface area contributed by atoms with E-state index in [1.807, 2.05) is 6.07 Å². The number of aromatic nitrogens is 2. The molecular weight excluding hydrogens is 264 g/mol. The summed E-state index contributed by atoms with van der Waals surface area (Å²) in [5, 5.41) is 15.8. The molecule has 0 aliphatic rings. The van der Waals surface area contributed by atoms with Crippen LogP contribution in [0.5, 0.6) is 0 Å². The molecular formula is C13H11ClN4O. The normalized spacial score (nSPS) is 11.6. The van der Waals surface area contributed by atoms with Gasteiger partial charge in [0.1, 0.15) is 6.04 Å². The molecule has 0 saturated heterocycles. The third-order valence-electron chi connectivity index (χ3n) is 2.66. The fourth-order valence-corrected chi connectivity index (χ4v) is 1.78. The number of nitrogens with one attached hydrogen (secondary N) is 1.